The Hall–Kier alpha value is -3.49. The molecule has 1 amide bonds. The maximum atomic E-state index is 14.1. The largest absolute Gasteiger partial charge is 0.491 e. The second-order valence-corrected chi connectivity index (χ2v) is 6.15. The van der Waals surface area contributed by atoms with E-state index in [0.29, 0.717) is 18.3 Å². The van der Waals surface area contributed by atoms with Gasteiger partial charge in [-0.05, 0) is 18.6 Å². The third-order valence-corrected chi connectivity index (χ3v) is 4.21. The molecule has 29 heavy (non-hydrogen) atoms. The molecular weight excluding hydrogens is 385 g/mol. The minimum Gasteiger partial charge on any atom is -0.491 e. The highest BCUT2D eigenvalue weighted by atomic mass is 19.2. The zero-order chi connectivity index (χ0) is 20.8. The first kappa shape index (κ1) is 20.2. The number of hydrogen-bond donors (Lipinski definition) is 2. The highest BCUT2D eigenvalue weighted by Crippen LogP contribution is 2.30. The van der Waals surface area contributed by atoms with Crippen molar-refractivity contribution in [2.45, 2.75) is 13.0 Å². The number of aromatic nitrogens is 2. The van der Waals surface area contributed by atoms with E-state index >= 15 is 0 Å². The molecule has 0 aliphatic carbocycles. The maximum absolute atomic E-state index is 14.1. The minimum absolute atomic E-state index is 0.214. The number of anilines is 2. The molecule has 3 rings (SSSR count). The summed E-state index contributed by atoms with van der Waals surface area (Å²) in [5.74, 6) is -5.57. The number of rotatable bonds is 8. The van der Waals surface area contributed by atoms with Crippen LogP contribution in [0.1, 0.15) is 16.8 Å². The number of benzene rings is 2. The van der Waals surface area contributed by atoms with Crippen molar-refractivity contribution in [3.63, 3.8) is 0 Å². The molecule has 0 fully saturated rings. The van der Waals surface area contributed by atoms with Crippen LogP contribution in [0, 0.1) is 17.5 Å². The van der Waals surface area contributed by atoms with Crippen molar-refractivity contribution in [3.8, 4) is 5.75 Å². The molecule has 1 heterocycles. The SMILES string of the molecule is COc1c(F)cc(NC(=O)c2ccccc2NCCCn2ccnc2)c(F)c1F. The van der Waals surface area contributed by atoms with E-state index in [1.54, 1.807) is 30.7 Å². The number of methoxy groups -OCH3 is 1. The first-order valence-corrected chi connectivity index (χ1v) is 8.82. The summed E-state index contributed by atoms with van der Waals surface area (Å²) in [5, 5.41) is 5.35. The van der Waals surface area contributed by atoms with E-state index in [4.69, 9.17) is 0 Å². The third-order valence-electron chi connectivity index (χ3n) is 4.21. The molecule has 0 aliphatic heterocycles. The summed E-state index contributed by atoms with van der Waals surface area (Å²) in [4.78, 5) is 16.5. The number of halogens is 3. The van der Waals surface area contributed by atoms with Crippen LogP contribution in [-0.2, 0) is 6.54 Å². The highest BCUT2D eigenvalue weighted by molar-refractivity contribution is 6.08. The van der Waals surface area contributed by atoms with Gasteiger partial charge in [0.25, 0.3) is 5.91 Å². The van der Waals surface area contributed by atoms with Crippen LogP contribution in [0.3, 0.4) is 0 Å². The van der Waals surface area contributed by atoms with E-state index < -0.39 is 34.8 Å². The summed E-state index contributed by atoms with van der Waals surface area (Å²) in [7, 11) is 1.02. The number of carbonyl (C=O) groups excluding carboxylic acids is 1. The standard InChI is InChI=1S/C20H19F3N4O2/c1-29-19-14(21)11-16(17(22)18(19)23)26-20(28)13-5-2-3-6-15(13)25-7-4-9-27-10-8-24-12-27/h2-3,5-6,8,10-12,25H,4,7,9H2,1H3,(H,26,28). The molecule has 1 aromatic heterocycles. The molecule has 2 aromatic carbocycles. The van der Waals surface area contributed by atoms with Crippen LogP contribution < -0.4 is 15.4 Å². The Morgan fingerprint density at radius 1 is 1.17 bits per heavy atom. The molecular formula is C20H19F3N4O2. The number of ether oxygens (including phenoxy) is 1. The van der Waals surface area contributed by atoms with Crippen molar-refractivity contribution in [1.29, 1.82) is 0 Å². The molecule has 0 saturated carbocycles. The fourth-order valence-electron chi connectivity index (χ4n) is 2.79. The predicted octanol–water partition coefficient (Wildman–Crippen LogP) is 4.06. The van der Waals surface area contributed by atoms with Crippen LogP contribution >= 0.6 is 0 Å². The van der Waals surface area contributed by atoms with Crippen molar-refractivity contribution in [2.75, 3.05) is 24.3 Å². The molecule has 3 aromatic rings. The molecule has 2 N–H and O–H groups in total. The van der Waals surface area contributed by atoms with Crippen molar-refractivity contribution in [2.24, 2.45) is 0 Å². The van der Waals surface area contributed by atoms with Crippen LogP contribution in [0.25, 0.3) is 0 Å². The predicted molar refractivity (Wildman–Crippen MR) is 103 cm³/mol. The van der Waals surface area contributed by atoms with E-state index in [-0.39, 0.29) is 5.56 Å². The van der Waals surface area contributed by atoms with Gasteiger partial charge in [0.15, 0.2) is 17.4 Å². The van der Waals surface area contributed by atoms with Crippen molar-refractivity contribution < 1.29 is 22.7 Å². The Kier molecular flexibility index (Phi) is 6.38. The molecule has 0 atom stereocenters. The van der Waals surface area contributed by atoms with Gasteiger partial charge in [-0.25, -0.2) is 13.8 Å². The monoisotopic (exact) mass is 404 g/mol. The number of nitrogens with one attached hydrogen (secondary N) is 2. The summed E-state index contributed by atoms with van der Waals surface area (Å²) in [5.41, 5.74) is 0.123. The summed E-state index contributed by atoms with van der Waals surface area (Å²) >= 11 is 0. The lowest BCUT2D eigenvalue weighted by atomic mass is 10.1. The highest BCUT2D eigenvalue weighted by Gasteiger charge is 2.21. The van der Waals surface area contributed by atoms with E-state index in [9.17, 15) is 18.0 Å². The number of para-hydroxylation sites is 1. The van der Waals surface area contributed by atoms with E-state index in [2.05, 4.69) is 20.4 Å². The Morgan fingerprint density at radius 3 is 2.69 bits per heavy atom. The molecule has 0 unspecified atom stereocenters. The number of imidazole rings is 1. The van der Waals surface area contributed by atoms with Crippen molar-refractivity contribution >= 4 is 17.3 Å². The Bertz CT molecular complexity index is 994. The first-order valence-electron chi connectivity index (χ1n) is 8.82. The zero-order valence-corrected chi connectivity index (χ0v) is 15.6. The van der Waals surface area contributed by atoms with Gasteiger partial charge in [-0.2, -0.15) is 4.39 Å². The molecule has 0 spiro atoms. The molecule has 0 saturated heterocycles. The number of nitrogens with zero attached hydrogens (tertiary/aromatic N) is 2. The normalized spacial score (nSPS) is 10.6. The Balaban J connectivity index is 1.70. The zero-order valence-electron chi connectivity index (χ0n) is 15.6. The van der Waals surface area contributed by atoms with E-state index in [1.165, 1.54) is 6.07 Å². The van der Waals surface area contributed by atoms with Gasteiger partial charge in [-0.3, -0.25) is 4.79 Å². The fraction of sp³-hybridized carbons (Fsp3) is 0.200. The van der Waals surface area contributed by atoms with Crippen molar-refractivity contribution in [1.82, 2.24) is 9.55 Å². The van der Waals surface area contributed by atoms with E-state index in [0.717, 1.165) is 20.1 Å². The summed E-state index contributed by atoms with van der Waals surface area (Å²) in [6, 6.07) is 7.27. The van der Waals surface area contributed by atoms with Crippen LogP contribution in [0.5, 0.6) is 5.75 Å². The van der Waals surface area contributed by atoms with Gasteiger partial charge in [-0.1, -0.05) is 12.1 Å². The average molecular weight is 404 g/mol. The van der Waals surface area contributed by atoms with Crippen molar-refractivity contribution in [3.05, 3.63) is 72.1 Å². The molecule has 9 heteroatoms. The van der Waals surface area contributed by atoms with Gasteiger partial charge in [0, 0.05) is 37.2 Å². The Morgan fingerprint density at radius 2 is 1.97 bits per heavy atom. The minimum atomic E-state index is -1.51. The lowest BCUT2D eigenvalue weighted by Crippen LogP contribution is -2.17. The average Bonchev–Trinajstić information content (AvgIpc) is 3.23. The molecule has 6 nitrogen and oxygen atoms in total. The topological polar surface area (TPSA) is 68.2 Å². The van der Waals surface area contributed by atoms with Gasteiger partial charge >= 0.3 is 0 Å². The first-order chi connectivity index (χ1) is 14.0. The maximum Gasteiger partial charge on any atom is 0.257 e. The fourth-order valence-corrected chi connectivity index (χ4v) is 2.79. The second-order valence-electron chi connectivity index (χ2n) is 6.15. The lowest BCUT2D eigenvalue weighted by Gasteiger charge is -2.14. The summed E-state index contributed by atoms with van der Waals surface area (Å²) in [6.07, 6.45) is 6.03. The van der Waals surface area contributed by atoms with Crippen LogP contribution in [0.15, 0.2) is 49.1 Å². The summed E-state index contributed by atoms with van der Waals surface area (Å²) < 4.78 is 48.3. The van der Waals surface area contributed by atoms with Crippen LogP contribution in [0.4, 0.5) is 24.5 Å². The Labute approximate surface area is 165 Å². The third kappa shape index (κ3) is 4.68. The number of amides is 1. The van der Waals surface area contributed by atoms with Gasteiger partial charge in [-0.15, -0.1) is 0 Å². The molecule has 152 valence electrons. The second kappa shape index (κ2) is 9.13. The quantitative estimate of drug-likeness (QED) is 0.439. The molecule has 0 aliphatic rings. The van der Waals surface area contributed by atoms with Gasteiger partial charge < -0.3 is 19.9 Å². The van der Waals surface area contributed by atoms with Crippen LogP contribution in [0.2, 0.25) is 0 Å². The van der Waals surface area contributed by atoms with Gasteiger partial charge in [0.05, 0.1) is 24.7 Å². The lowest BCUT2D eigenvalue weighted by molar-refractivity contribution is 0.102. The molecule has 0 radical (unpaired) electrons. The summed E-state index contributed by atoms with van der Waals surface area (Å²) in [6.45, 7) is 1.32. The number of aryl methyl sites for hydroxylation is 1. The van der Waals surface area contributed by atoms with E-state index in [1.807, 2.05) is 10.8 Å². The smallest absolute Gasteiger partial charge is 0.257 e. The number of hydrogen-bond acceptors (Lipinski definition) is 4. The van der Waals surface area contributed by atoms with Gasteiger partial charge in [0.2, 0.25) is 5.82 Å². The van der Waals surface area contributed by atoms with Crippen LogP contribution in [-0.4, -0.2) is 29.1 Å². The molecule has 0 bridgehead atoms. The van der Waals surface area contributed by atoms with Gasteiger partial charge in [0.1, 0.15) is 0 Å². The number of carbonyl (C=O) groups is 1.